The van der Waals surface area contributed by atoms with Crippen LogP contribution in [0.3, 0.4) is 0 Å². The number of aryl methyl sites for hydroxylation is 1. The van der Waals surface area contributed by atoms with Crippen LogP contribution in [-0.2, 0) is 6.54 Å². The third-order valence-electron chi connectivity index (χ3n) is 3.45. The number of hydrogen-bond acceptors (Lipinski definition) is 5. The molecule has 6 heteroatoms. The molecular formula is C18H17N5O. The average Bonchev–Trinajstić information content (AvgIpc) is 2.63. The zero-order valence-corrected chi connectivity index (χ0v) is 13.2. The number of benzene rings is 1. The van der Waals surface area contributed by atoms with E-state index in [0.29, 0.717) is 18.2 Å². The number of carbonyl (C=O) groups is 1. The first-order chi connectivity index (χ1) is 11.7. The third-order valence-corrected chi connectivity index (χ3v) is 3.45. The van der Waals surface area contributed by atoms with Crippen LogP contribution in [0.15, 0.2) is 61.1 Å². The second-order valence-corrected chi connectivity index (χ2v) is 5.25. The lowest BCUT2D eigenvalue weighted by molar-refractivity contribution is 0.102. The van der Waals surface area contributed by atoms with E-state index in [0.717, 1.165) is 16.8 Å². The molecule has 0 spiro atoms. The minimum absolute atomic E-state index is 0.267. The van der Waals surface area contributed by atoms with Crippen molar-refractivity contribution in [3.63, 3.8) is 0 Å². The summed E-state index contributed by atoms with van der Waals surface area (Å²) in [7, 11) is 0. The van der Waals surface area contributed by atoms with E-state index in [-0.39, 0.29) is 5.91 Å². The van der Waals surface area contributed by atoms with Crippen LogP contribution in [0.2, 0.25) is 0 Å². The number of pyridine rings is 1. The molecule has 0 atom stereocenters. The van der Waals surface area contributed by atoms with Gasteiger partial charge in [-0.1, -0.05) is 24.3 Å². The number of carbonyl (C=O) groups excluding carboxylic acids is 1. The molecule has 0 saturated carbocycles. The van der Waals surface area contributed by atoms with Gasteiger partial charge in [0.1, 0.15) is 5.69 Å². The molecule has 0 aliphatic rings. The van der Waals surface area contributed by atoms with Gasteiger partial charge in [0.25, 0.3) is 5.91 Å². The summed E-state index contributed by atoms with van der Waals surface area (Å²) in [4.78, 5) is 24.8. The Bertz CT molecular complexity index is 836. The molecule has 3 rings (SSSR count). The van der Waals surface area contributed by atoms with Gasteiger partial charge in [-0.25, -0.2) is 9.97 Å². The SMILES string of the molecule is Cc1ccccc1NC(=O)c1ccnc(NCc2cccnc2)n1. The summed E-state index contributed by atoms with van der Waals surface area (Å²) in [5, 5.41) is 5.95. The predicted molar refractivity (Wildman–Crippen MR) is 92.7 cm³/mol. The number of hydrogen-bond donors (Lipinski definition) is 2. The minimum Gasteiger partial charge on any atom is -0.350 e. The molecule has 2 N–H and O–H groups in total. The molecule has 0 saturated heterocycles. The summed E-state index contributed by atoms with van der Waals surface area (Å²) in [5.41, 5.74) is 3.08. The second-order valence-electron chi connectivity index (χ2n) is 5.25. The summed E-state index contributed by atoms with van der Waals surface area (Å²) in [6.07, 6.45) is 5.05. The van der Waals surface area contributed by atoms with E-state index in [1.54, 1.807) is 24.7 Å². The maximum absolute atomic E-state index is 12.4. The van der Waals surface area contributed by atoms with Crippen molar-refractivity contribution in [1.29, 1.82) is 0 Å². The van der Waals surface area contributed by atoms with Gasteiger partial charge in [0, 0.05) is 30.8 Å². The predicted octanol–water partition coefficient (Wildman–Crippen LogP) is 3.04. The highest BCUT2D eigenvalue weighted by Gasteiger charge is 2.10. The van der Waals surface area contributed by atoms with E-state index in [2.05, 4.69) is 25.6 Å². The number of para-hydroxylation sites is 1. The van der Waals surface area contributed by atoms with Crippen LogP contribution >= 0.6 is 0 Å². The van der Waals surface area contributed by atoms with Crippen molar-refractivity contribution in [2.24, 2.45) is 0 Å². The highest BCUT2D eigenvalue weighted by molar-refractivity contribution is 6.03. The van der Waals surface area contributed by atoms with Gasteiger partial charge in [-0.05, 0) is 36.2 Å². The maximum Gasteiger partial charge on any atom is 0.274 e. The van der Waals surface area contributed by atoms with Crippen LogP contribution in [0.1, 0.15) is 21.6 Å². The van der Waals surface area contributed by atoms with Crippen LogP contribution < -0.4 is 10.6 Å². The first kappa shape index (κ1) is 15.6. The molecule has 2 aromatic heterocycles. The number of amides is 1. The Hall–Kier alpha value is -3.28. The largest absolute Gasteiger partial charge is 0.350 e. The van der Waals surface area contributed by atoms with Crippen molar-refractivity contribution < 1.29 is 4.79 Å². The van der Waals surface area contributed by atoms with Crippen molar-refractivity contribution in [1.82, 2.24) is 15.0 Å². The Morgan fingerprint density at radius 2 is 1.96 bits per heavy atom. The van der Waals surface area contributed by atoms with Crippen molar-refractivity contribution in [3.05, 3.63) is 77.9 Å². The van der Waals surface area contributed by atoms with Gasteiger partial charge in [0.15, 0.2) is 0 Å². The first-order valence-electron chi connectivity index (χ1n) is 7.55. The molecule has 24 heavy (non-hydrogen) atoms. The summed E-state index contributed by atoms with van der Waals surface area (Å²) in [5.74, 6) is 0.132. The Kier molecular flexibility index (Phi) is 4.76. The lowest BCUT2D eigenvalue weighted by Gasteiger charge is -2.09. The fourth-order valence-electron chi connectivity index (χ4n) is 2.15. The number of nitrogens with zero attached hydrogens (tertiary/aromatic N) is 3. The molecule has 6 nitrogen and oxygen atoms in total. The molecule has 0 fully saturated rings. The van der Waals surface area contributed by atoms with Crippen molar-refractivity contribution in [2.45, 2.75) is 13.5 Å². The Morgan fingerprint density at radius 3 is 2.75 bits per heavy atom. The third kappa shape index (κ3) is 3.92. The number of nitrogens with one attached hydrogen (secondary N) is 2. The zero-order chi connectivity index (χ0) is 16.8. The lowest BCUT2D eigenvalue weighted by atomic mass is 10.2. The van der Waals surface area contributed by atoms with Crippen molar-refractivity contribution in [2.75, 3.05) is 10.6 Å². The van der Waals surface area contributed by atoms with E-state index in [9.17, 15) is 4.79 Å². The van der Waals surface area contributed by atoms with Crippen molar-refractivity contribution in [3.8, 4) is 0 Å². The number of aromatic nitrogens is 3. The Labute approximate surface area is 140 Å². The molecule has 0 aliphatic heterocycles. The average molecular weight is 319 g/mol. The highest BCUT2D eigenvalue weighted by Crippen LogP contribution is 2.14. The van der Waals surface area contributed by atoms with Crippen LogP contribution in [0, 0.1) is 6.92 Å². The molecule has 1 amide bonds. The van der Waals surface area contributed by atoms with Gasteiger partial charge in [0.2, 0.25) is 5.95 Å². The van der Waals surface area contributed by atoms with Crippen LogP contribution in [-0.4, -0.2) is 20.9 Å². The summed E-state index contributed by atoms with van der Waals surface area (Å²) >= 11 is 0. The van der Waals surface area contributed by atoms with Gasteiger partial charge in [-0.15, -0.1) is 0 Å². The molecular weight excluding hydrogens is 302 g/mol. The summed E-state index contributed by atoms with van der Waals surface area (Å²) < 4.78 is 0. The zero-order valence-electron chi connectivity index (χ0n) is 13.2. The summed E-state index contributed by atoms with van der Waals surface area (Å²) in [6.45, 7) is 2.48. The molecule has 0 bridgehead atoms. The number of anilines is 2. The standard InChI is InChI=1S/C18H17N5O/c1-13-5-2-3-7-15(13)22-17(24)16-8-10-20-18(23-16)21-12-14-6-4-9-19-11-14/h2-11H,12H2,1H3,(H,22,24)(H,20,21,23). The van der Waals surface area contributed by atoms with Crippen LogP contribution in [0.5, 0.6) is 0 Å². The Morgan fingerprint density at radius 1 is 1.08 bits per heavy atom. The van der Waals surface area contributed by atoms with E-state index in [4.69, 9.17) is 0 Å². The van der Waals surface area contributed by atoms with Crippen LogP contribution in [0.25, 0.3) is 0 Å². The monoisotopic (exact) mass is 319 g/mol. The van der Waals surface area contributed by atoms with Crippen LogP contribution in [0.4, 0.5) is 11.6 Å². The van der Waals surface area contributed by atoms with Gasteiger partial charge in [-0.3, -0.25) is 9.78 Å². The fraction of sp³-hybridized carbons (Fsp3) is 0.111. The lowest BCUT2D eigenvalue weighted by Crippen LogP contribution is -2.16. The van der Waals surface area contributed by atoms with Crippen molar-refractivity contribution >= 4 is 17.5 Å². The van der Waals surface area contributed by atoms with Gasteiger partial charge in [0.05, 0.1) is 0 Å². The normalized spacial score (nSPS) is 10.2. The first-order valence-corrected chi connectivity index (χ1v) is 7.55. The van der Waals surface area contributed by atoms with E-state index in [1.807, 2.05) is 43.3 Å². The Balaban J connectivity index is 1.68. The fourth-order valence-corrected chi connectivity index (χ4v) is 2.15. The molecule has 2 heterocycles. The molecule has 3 aromatic rings. The molecule has 0 aliphatic carbocycles. The highest BCUT2D eigenvalue weighted by atomic mass is 16.1. The van der Waals surface area contributed by atoms with Gasteiger partial charge in [-0.2, -0.15) is 0 Å². The quantitative estimate of drug-likeness (QED) is 0.755. The smallest absolute Gasteiger partial charge is 0.274 e. The molecule has 0 unspecified atom stereocenters. The van der Waals surface area contributed by atoms with E-state index >= 15 is 0 Å². The maximum atomic E-state index is 12.4. The molecule has 0 radical (unpaired) electrons. The van der Waals surface area contributed by atoms with E-state index < -0.39 is 0 Å². The van der Waals surface area contributed by atoms with Gasteiger partial charge >= 0.3 is 0 Å². The van der Waals surface area contributed by atoms with Gasteiger partial charge < -0.3 is 10.6 Å². The summed E-state index contributed by atoms with van der Waals surface area (Å²) in [6, 6.07) is 13.0. The van der Waals surface area contributed by atoms with E-state index in [1.165, 1.54) is 0 Å². The second kappa shape index (κ2) is 7.32. The molecule has 120 valence electrons. The number of rotatable bonds is 5. The minimum atomic E-state index is -0.267. The topological polar surface area (TPSA) is 79.8 Å². The molecule has 1 aromatic carbocycles.